The van der Waals surface area contributed by atoms with Crippen LogP contribution in [-0.2, 0) is 9.47 Å². The first-order valence-corrected chi connectivity index (χ1v) is 10.2. The Morgan fingerprint density at radius 3 is 1.97 bits per heavy atom. The zero-order valence-corrected chi connectivity index (χ0v) is 17.9. The Bertz CT molecular complexity index is 594. The topological polar surface area (TPSA) is 97.0 Å². The number of hydrogen-bond acceptors (Lipinski definition) is 6. The van der Waals surface area contributed by atoms with Crippen molar-refractivity contribution in [2.45, 2.75) is 96.4 Å². The van der Waals surface area contributed by atoms with Gasteiger partial charge in [-0.15, -0.1) is 0 Å². The number of hydrogen-bond donors (Lipinski definition) is 4. The highest BCUT2D eigenvalue weighted by atomic mass is 16.5. The van der Waals surface area contributed by atoms with Crippen LogP contribution in [-0.4, -0.2) is 58.9 Å². The molecule has 1 aromatic rings. The number of nitrogens with one attached hydrogen (secondary N) is 1. The van der Waals surface area contributed by atoms with Crippen LogP contribution >= 0.6 is 0 Å². The van der Waals surface area contributed by atoms with E-state index in [2.05, 4.69) is 24.4 Å². The van der Waals surface area contributed by atoms with E-state index in [4.69, 9.17) is 15.2 Å². The Morgan fingerprint density at radius 2 is 1.48 bits per heavy atom. The molecule has 1 aromatic carbocycles. The van der Waals surface area contributed by atoms with Crippen molar-refractivity contribution in [3.63, 3.8) is 0 Å². The van der Waals surface area contributed by atoms with Gasteiger partial charge < -0.3 is 30.7 Å². The van der Waals surface area contributed by atoms with Crippen LogP contribution in [0.15, 0.2) is 30.3 Å². The fraction of sp³-hybridized carbons (Fsp3) is 0.739. The minimum Gasteiger partial charge on any atom is -0.391 e. The van der Waals surface area contributed by atoms with Gasteiger partial charge in [-0.1, -0.05) is 37.8 Å². The number of ether oxygens (including phenoxy) is 2. The average molecular weight is 411 g/mol. The molecule has 0 aliphatic carbocycles. The lowest BCUT2D eigenvalue weighted by Crippen LogP contribution is -2.53. The molecule has 29 heavy (non-hydrogen) atoms. The van der Waals surface area contributed by atoms with Crippen LogP contribution in [0.2, 0.25) is 0 Å². The first kappa shape index (κ1) is 26.0. The van der Waals surface area contributed by atoms with Gasteiger partial charge in [0.2, 0.25) is 0 Å². The minimum absolute atomic E-state index is 0. The van der Waals surface area contributed by atoms with Crippen molar-refractivity contribution >= 4 is 0 Å². The lowest BCUT2D eigenvalue weighted by Gasteiger charge is -2.39. The van der Waals surface area contributed by atoms with Gasteiger partial charge in [0, 0.05) is 18.9 Å². The second-order valence-corrected chi connectivity index (χ2v) is 9.25. The molecule has 2 heterocycles. The van der Waals surface area contributed by atoms with Gasteiger partial charge in [0.15, 0.2) is 0 Å². The maximum absolute atomic E-state index is 10.2. The Morgan fingerprint density at radius 1 is 0.966 bits per heavy atom. The van der Waals surface area contributed by atoms with E-state index in [9.17, 15) is 10.2 Å². The maximum Gasteiger partial charge on any atom is 0.0743 e. The fourth-order valence-electron chi connectivity index (χ4n) is 3.60. The molecule has 5 atom stereocenters. The maximum atomic E-state index is 10.2. The molecule has 2 saturated heterocycles. The number of aliphatic hydroxyl groups is 2. The van der Waals surface area contributed by atoms with Crippen molar-refractivity contribution < 1.29 is 19.7 Å². The quantitative estimate of drug-likeness (QED) is 0.612. The van der Waals surface area contributed by atoms with E-state index in [1.807, 2.05) is 45.9 Å². The van der Waals surface area contributed by atoms with E-state index >= 15 is 0 Å². The smallest absolute Gasteiger partial charge is 0.0743 e. The first-order valence-electron chi connectivity index (χ1n) is 10.2. The van der Waals surface area contributed by atoms with E-state index in [1.165, 1.54) is 5.56 Å². The van der Waals surface area contributed by atoms with Crippen LogP contribution in [0.25, 0.3) is 0 Å². The highest BCUT2D eigenvalue weighted by Gasteiger charge is 2.35. The van der Waals surface area contributed by atoms with E-state index < -0.39 is 6.10 Å². The van der Waals surface area contributed by atoms with Crippen molar-refractivity contribution in [1.82, 2.24) is 5.32 Å². The Hall–Kier alpha value is -1.02. The third-order valence-corrected chi connectivity index (χ3v) is 5.44. The summed E-state index contributed by atoms with van der Waals surface area (Å²) < 4.78 is 11.1. The molecule has 0 bridgehead atoms. The summed E-state index contributed by atoms with van der Waals surface area (Å²) in [6.45, 7) is 11.1. The monoisotopic (exact) mass is 410 g/mol. The molecule has 0 saturated carbocycles. The molecule has 6 nitrogen and oxygen atoms in total. The van der Waals surface area contributed by atoms with E-state index in [1.54, 1.807) is 0 Å². The van der Waals surface area contributed by atoms with Gasteiger partial charge in [0.05, 0.1) is 48.7 Å². The van der Waals surface area contributed by atoms with Crippen molar-refractivity contribution in [1.29, 1.82) is 0 Å². The summed E-state index contributed by atoms with van der Waals surface area (Å²) in [6, 6.07) is 10.3. The molecule has 6 heteroatoms. The third-order valence-electron chi connectivity index (χ3n) is 5.44. The molecule has 0 aromatic heterocycles. The molecule has 168 valence electrons. The van der Waals surface area contributed by atoms with Crippen LogP contribution in [0.5, 0.6) is 0 Å². The normalized spacial score (nSPS) is 31.6. The molecule has 0 spiro atoms. The number of benzene rings is 1. The zero-order chi connectivity index (χ0) is 20.9. The summed E-state index contributed by atoms with van der Waals surface area (Å²) >= 11 is 0. The number of rotatable bonds is 3. The van der Waals surface area contributed by atoms with Crippen LogP contribution < -0.4 is 11.1 Å². The highest BCUT2D eigenvalue weighted by molar-refractivity contribution is 5.18. The molecule has 0 amide bonds. The number of aliphatic hydroxyl groups excluding tert-OH is 2. The molecule has 0 unspecified atom stereocenters. The molecule has 0 radical (unpaired) electrons. The SMILES string of the molecule is C.CC1(C)C[C@H](O)[C@@H](N)CO1.C[C@@H](N[C@H]1COC(C)(C)C[C@@H]1O)c1ccccc1. The molecule has 2 aliphatic heterocycles. The van der Waals surface area contributed by atoms with E-state index in [0.29, 0.717) is 26.1 Å². The zero-order valence-electron chi connectivity index (χ0n) is 17.9. The van der Waals surface area contributed by atoms with Gasteiger partial charge in [0.1, 0.15) is 0 Å². The van der Waals surface area contributed by atoms with Crippen molar-refractivity contribution in [3.05, 3.63) is 35.9 Å². The molecular formula is C23H42N2O4. The summed E-state index contributed by atoms with van der Waals surface area (Å²) in [4.78, 5) is 0. The van der Waals surface area contributed by atoms with E-state index in [-0.39, 0.29) is 42.9 Å². The Kier molecular flexibility index (Phi) is 9.73. The predicted molar refractivity (Wildman–Crippen MR) is 118 cm³/mol. The average Bonchev–Trinajstić information content (AvgIpc) is 2.61. The first-order chi connectivity index (χ1) is 13.0. The molecule has 2 aliphatic rings. The second kappa shape index (κ2) is 10.8. The van der Waals surface area contributed by atoms with Gasteiger partial charge in [-0.05, 0) is 40.2 Å². The lowest BCUT2D eigenvalue weighted by molar-refractivity contribution is -0.115. The third kappa shape index (κ3) is 8.32. The van der Waals surface area contributed by atoms with E-state index in [0.717, 1.165) is 0 Å². The number of nitrogens with two attached hydrogens (primary N) is 1. The standard InChI is InChI=1S/C15H23NO2.C7H15NO2.CH4/c1-11(12-7-5-4-6-8-12)16-13-10-18-15(2,3)9-14(13)17;1-7(2)3-6(9)5(8)4-10-7;/h4-8,11,13-14,16-17H,9-10H2,1-3H3;5-6,9H,3-4,8H2,1-2H3;1H4/t11-,13+,14+;5-,6-;/m10./s1. The van der Waals surface area contributed by atoms with Crippen LogP contribution in [0, 0.1) is 0 Å². The van der Waals surface area contributed by atoms with Crippen LogP contribution in [0.1, 0.15) is 66.5 Å². The summed E-state index contributed by atoms with van der Waals surface area (Å²) in [5, 5.41) is 22.9. The van der Waals surface area contributed by atoms with Gasteiger partial charge in [0.25, 0.3) is 0 Å². The summed E-state index contributed by atoms with van der Waals surface area (Å²) in [6.07, 6.45) is 0.559. The molecular weight excluding hydrogens is 368 g/mol. The largest absolute Gasteiger partial charge is 0.391 e. The molecule has 5 N–H and O–H groups in total. The van der Waals surface area contributed by atoms with Gasteiger partial charge >= 0.3 is 0 Å². The van der Waals surface area contributed by atoms with Gasteiger partial charge in [-0.25, -0.2) is 0 Å². The van der Waals surface area contributed by atoms with Crippen LogP contribution in [0.4, 0.5) is 0 Å². The van der Waals surface area contributed by atoms with Gasteiger partial charge in [-0.2, -0.15) is 0 Å². The minimum atomic E-state index is -0.399. The fourth-order valence-corrected chi connectivity index (χ4v) is 3.60. The summed E-state index contributed by atoms with van der Waals surface area (Å²) in [5.41, 5.74) is 6.34. The highest BCUT2D eigenvalue weighted by Crippen LogP contribution is 2.26. The van der Waals surface area contributed by atoms with Crippen molar-refractivity contribution in [2.75, 3.05) is 13.2 Å². The second-order valence-electron chi connectivity index (χ2n) is 9.25. The predicted octanol–water partition coefficient (Wildman–Crippen LogP) is 2.78. The lowest BCUT2D eigenvalue weighted by atomic mass is 9.92. The molecule has 2 fully saturated rings. The van der Waals surface area contributed by atoms with Crippen molar-refractivity contribution in [2.24, 2.45) is 5.73 Å². The molecule has 3 rings (SSSR count). The Balaban J connectivity index is 0.000000327. The Labute approximate surface area is 176 Å². The van der Waals surface area contributed by atoms with Gasteiger partial charge in [-0.3, -0.25) is 0 Å². The van der Waals surface area contributed by atoms with Crippen molar-refractivity contribution in [3.8, 4) is 0 Å². The van der Waals surface area contributed by atoms with Crippen LogP contribution in [0.3, 0.4) is 0 Å². The summed E-state index contributed by atoms with van der Waals surface area (Å²) in [7, 11) is 0. The summed E-state index contributed by atoms with van der Waals surface area (Å²) in [5.74, 6) is 0.